The van der Waals surface area contributed by atoms with E-state index >= 15 is 0 Å². The minimum absolute atomic E-state index is 0.0245. The van der Waals surface area contributed by atoms with Gasteiger partial charge in [0.15, 0.2) is 0 Å². The molecular formula is C32H35NO6. The molecule has 0 aliphatic carbocycles. The van der Waals surface area contributed by atoms with E-state index in [-0.39, 0.29) is 29.9 Å². The van der Waals surface area contributed by atoms with Gasteiger partial charge < -0.3 is 24.2 Å². The van der Waals surface area contributed by atoms with Crippen molar-refractivity contribution < 1.29 is 28.9 Å². The molecule has 39 heavy (non-hydrogen) atoms. The van der Waals surface area contributed by atoms with Crippen molar-refractivity contribution in [2.24, 2.45) is 0 Å². The van der Waals surface area contributed by atoms with Gasteiger partial charge in [0.05, 0.1) is 38.5 Å². The molecule has 7 nitrogen and oxygen atoms in total. The average molecular weight is 530 g/mol. The van der Waals surface area contributed by atoms with E-state index in [1.165, 1.54) is 4.90 Å². The van der Waals surface area contributed by atoms with Crippen molar-refractivity contribution in [3.8, 4) is 17.2 Å². The largest absolute Gasteiger partial charge is 0.507 e. The van der Waals surface area contributed by atoms with Gasteiger partial charge in [-0.3, -0.25) is 9.59 Å². The van der Waals surface area contributed by atoms with Crippen LogP contribution in [-0.2, 0) is 16.1 Å². The summed E-state index contributed by atoms with van der Waals surface area (Å²) in [5, 5.41) is 11.6. The number of rotatable bonds is 9. The number of hydrogen-bond acceptors (Lipinski definition) is 6. The number of likely N-dealkylation sites (tertiary alicyclic amines) is 1. The summed E-state index contributed by atoms with van der Waals surface area (Å²) in [4.78, 5) is 28.6. The molecule has 1 aliphatic rings. The standard InChI is InChI=1S/C32H35NO6/c1-19(2)25-17-22(14-15-27(25)38-6)30(34)28-29(21-11-9-12-24(16-21)39-20(3)4)33(32(36)31(28)35)18-23-10-7-8-13-26(23)37-5/h7-17,19-20,29,34H,18H2,1-6H3/b30-28+. The fraction of sp³-hybridized carbons (Fsp3) is 0.312. The lowest BCUT2D eigenvalue weighted by Gasteiger charge is -2.26. The van der Waals surface area contributed by atoms with Crippen LogP contribution in [-0.4, -0.2) is 42.0 Å². The molecule has 0 aromatic heterocycles. The van der Waals surface area contributed by atoms with Gasteiger partial charge in [-0.2, -0.15) is 0 Å². The normalized spacial score (nSPS) is 16.7. The fourth-order valence-corrected chi connectivity index (χ4v) is 4.93. The summed E-state index contributed by atoms with van der Waals surface area (Å²) >= 11 is 0. The number of para-hydroxylation sites is 1. The summed E-state index contributed by atoms with van der Waals surface area (Å²) in [6.45, 7) is 8.01. The molecule has 7 heteroatoms. The second-order valence-corrected chi connectivity index (χ2v) is 10.1. The molecule has 1 heterocycles. The Morgan fingerprint density at radius 3 is 2.28 bits per heavy atom. The number of ether oxygens (including phenoxy) is 3. The smallest absolute Gasteiger partial charge is 0.295 e. The maximum Gasteiger partial charge on any atom is 0.295 e. The summed E-state index contributed by atoms with van der Waals surface area (Å²) in [6, 6.07) is 19.1. The third-order valence-corrected chi connectivity index (χ3v) is 6.74. The van der Waals surface area contributed by atoms with Gasteiger partial charge in [-0.15, -0.1) is 0 Å². The Hall–Kier alpha value is -4.26. The highest BCUT2D eigenvalue weighted by molar-refractivity contribution is 6.46. The monoisotopic (exact) mass is 529 g/mol. The quantitative estimate of drug-likeness (QED) is 0.201. The molecule has 1 unspecified atom stereocenters. The molecule has 0 spiro atoms. The Morgan fingerprint density at radius 1 is 0.897 bits per heavy atom. The molecule has 204 valence electrons. The van der Waals surface area contributed by atoms with Crippen molar-refractivity contribution in [1.82, 2.24) is 4.90 Å². The summed E-state index contributed by atoms with van der Waals surface area (Å²) < 4.78 is 16.9. The maximum absolute atomic E-state index is 13.6. The lowest BCUT2D eigenvalue weighted by atomic mass is 9.93. The van der Waals surface area contributed by atoms with Crippen LogP contribution in [0.1, 0.15) is 61.9 Å². The molecule has 4 rings (SSSR count). The van der Waals surface area contributed by atoms with Crippen LogP contribution < -0.4 is 14.2 Å². The van der Waals surface area contributed by atoms with E-state index in [0.29, 0.717) is 28.4 Å². The number of hydrogen-bond donors (Lipinski definition) is 1. The Balaban J connectivity index is 1.90. The van der Waals surface area contributed by atoms with E-state index in [4.69, 9.17) is 14.2 Å². The highest BCUT2D eigenvalue weighted by Crippen LogP contribution is 2.42. The maximum atomic E-state index is 13.6. The first-order valence-corrected chi connectivity index (χ1v) is 13.0. The fourth-order valence-electron chi connectivity index (χ4n) is 4.93. The minimum atomic E-state index is -0.838. The first-order valence-electron chi connectivity index (χ1n) is 13.0. The van der Waals surface area contributed by atoms with E-state index in [9.17, 15) is 14.7 Å². The zero-order valence-electron chi connectivity index (χ0n) is 23.2. The molecular weight excluding hydrogens is 494 g/mol. The topological polar surface area (TPSA) is 85.3 Å². The number of amides is 1. The van der Waals surface area contributed by atoms with Gasteiger partial charge >= 0.3 is 0 Å². The number of carbonyl (C=O) groups excluding carboxylic acids is 2. The predicted molar refractivity (Wildman–Crippen MR) is 150 cm³/mol. The average Bonchev–Trinajstić information content (AvgIpc) is 3.17. The molecule has 1 saturated heterocycles. The lowest BCUT2D eigenvalue weighted by molar-refractivity contribution is -0.140. The van der Waals surface area contributed by atoms with Crippen LogP contribution in [0.15, 0.2) is 72.3 Å². The van der Waals surface area contributed by atoms with E-state index in [1.54, 1.807) is 26.4 Å². The van der Waals surface area contributed by atoms with E-state index < -0.39 is 17.7 Å². The lowest BCUT2D eigenvalue weighted by Crippen LogP contribution is -2.29. The second kappa shape index (κ2) is 11.6. The number of nitrogens with zero attached hydrogens (tertiary/aromatic N) is 1. The molecule has 0 saturated carbocycles. The van der Waals surface area contributed by atoms with E-state index in [0.717, 1.165) is 11.1 Å². The minimum Gasteiger partial charge on any atom is -0.507 e. The molecule has 0 bridgehead atoms. The number of benzene rings is 3. The second-order valence-electron chi connectivity index (χ2n) is 10.1. The summed E-state index contributed by atoms with van der Waals surface area (Å²) in [5.74, 6) is 0.337. The molecule has 0 radical (unpaired) electrons. The molecule has 3 aromatic carbocycles. The van der Waals surface area contributed by atoms with Crippen LogP contribution in [0.5, 0.6) is 17.2 Å². The van der Waals surface area contributed by atoms with Gasteiger partial charge in [0.25, 0.3) is 11.7 Å². The molecule has 1 atom stereocenters. The Labute approximate surface area is 229 Å². The van der Waals surface area contributed by atoms with Crippen LogP contribution in [0.3, 0.4) is 0 Å². The van der Waals surface area contributed by atoms with Crippen LogP contribution in [0.25, 0.3) is 5.76 Å². The van der Waals surface area contributed by atoms with Crippen LogP contribution in [0, 0.1) is 0 Å². The van der Waals surface area contributed by atoms with Crippen molar-refractivity contribution >= 4 is 17.4 Å². The summed E-state index contributed by atoms with van der Waals surface area (Å²) in [6.07, 6.45) is -0.0612. The van der Waals surface area contributed by atoms with Crippen molar-refractivity contribution in [3.63, 3.8) is 0 Å². The van der Waals surface area contributed by atoms with Gasteiger partial charge in [-0.1, -0.05) is 44.2 Å². The third kappa shape index (κ3) is 5.62. The zero-order chi connectivity index (χ0) is 28.3. The van der Waals surface area contributed by atoms with Crippen molar-refractivity contribution in [3.05, 3.63) is 94.6 Å². The molecule has 1 fully saturated rings. The zero-order valence-corrected chi connectivity index (χ0v) is 23.2. The molecule has 1 aliphatic heterocycles. The Bertz CT molecular complexity index is 1410. The Kier molecular flexibility index (Phi) is 8.29. The SMILES string of the molecule is COc1ccccc1CN1C(=O)C(=O)/C(=C(/O)c2ccc(OC)c(C(C)C)c2)C1c1cccc(OC(C)C)c1. The van der Waals surface area contributed by atoms with Crippen molar-refractivity contribution in [2.75, 3.05) is 14.2 Å². The van der Waals surface area contributed by atoms with Crippen molar-refractivity contribution in [2.45, 2.75) is 52.3 Å². The van der Waals surface area contributed by atoms with Gasteiger partial charge in [-0.25, -0.2) is 0 Å². The van der Waals surface area contributed by atoms with Gasteiger partial charge in [0.2, 0.25) is 0 Å². The van der Waals surface area contributed by atoms with E-state index in [1.807, 2.05) is 82.3 Å². The third-order valence-electron chi connectivity index (χ3n) is 6.74. The van der Waals surface area contributed by atoms with Crippen LogP contribution in [0.2, 0.25) is 0 Å². The highest BCUT2D eigenvalue weighted by atomic mass is 16.5. The highest BCUT2D eigenvalue weighted by Gasteiger charge is 2.46. The summed E-state index contributed by atoms with van der Waals surface area (Å²) in [7, 11) is 3.16. The van der Waals surface area contributed by atoms with Gasteiger partial charge in [0, 0.05) is 11.1 Å². The number of ketones is 1. The number of carbonyl (C=O) groups is 2. The molecule has 1 amide bonds. The molecule has 1 N–H and O–H groups in total. The Morgan fingerprint density at radius 2 is 1.62 bits per heavy atom. The number of methoxy groups -OCH3 is 2. The van der Waals surface area contributed by atoms with Gasteiger partial charge in [0.1, 0.15) is 23.0 Å². The summed E-state index contributed by atoms with van der Waals surface area (Å²) in [5.41, 5.74) is 2.74. The van der Waals surface area contributed by atoms with Crippen molar-refractivity contribution in [1.29, 1.82) is 0 Å². The number of aliphatic hydroxyl groups is 1. The van der Waals surface area contributed by atoms with Gasteiger partial charge in [-0.05, 0) is 67.3 Å². The van der Waals surface area contributed by atoms with Crippen LogP contribution in [0.4, 0.5) is 0 Å². The number of Topliss-reactive ketones (excluding diaryl/α,β-unsaturated/α-hetero) is 1. The predicted octanol–water partition coefficient (Wildman–Crippen LogP) is 6.24. The molecule has 3 aromatic rings. The van der Waals surface area contributed by atoms with E-state index in [2.05, 4.69) is 0 Å². The first-order chi connectivity index (χ1) is 18.7. The first kappa shape index (κ1) is 27.8. The van der Waals surface area contributed by atoms with Crippen LogP contribution >= 0.6 is 0 Å². The number of aliphatic hydroxyl groups excluding tert-OH is 1.